The largest absolute Gasteiger partial charge is 0.494 e. The predicted molar refractivity (Wildman–Crippen MR) is 69.4 cm³/mol. The molecule has 2 rings (SSSR count). The van der Waals surface area contributed by atoms with Gasteiger partial charge in [0.2, 0.25) is 0 Å². The number of hydrogen-bond acceptors (Lipinski definition) is 4. The Morgan fingerprint density at radius 3 is 2.79 bits per heavy atom. The quantitative estimate of drug-likeness (QED) is 0.886. The number of methoxy groups -OCH3 is 1. The minimum absolute atomic E-state index is 0.0658. The maximum absolute atomic E-state index is 10.9. The molecule has 1 fully saturated rings. The van der Waals surface area contributed by atoms with Gasteiger partial charge in [-0.15, -0.1) is 0 Å². The van der Waals surface area contributed by atoms with E-state index in [-0.39, 0.29) is 11.4 Å². The lowest BCUT2D eigenvalue weighted by Gasteiger charge is -2.22. The molecule has 0 bridgehead atoms. The van der Waals surface area contributed by atoms with Gasteiger partial charge in [-0.2, -0.15) is 0 Å². The Balaban J connectivity index is 1.98. The summed E-state index contributed by atoms with van der Waals surface area (Å²) in [4.78, 5) is 14.8. The number of pyridine rings is 1. The van der Waals surface area contributed by atoms with Crippen LogP contribution in [0.3, 0.4) is 0 Å². The molecule has 0 atom stereocenters. The normalized spacial score (nSPS) is 16.3. The summed E-state index contributed by atoms with van der Waals surface area (Å²) in [5.41, 5.74) is 0.774. The molecule has 1 aliphatic rings. The van der Waals surface area contributed by atoms with Gasteiger partial charge >= 0.3 is 5.97 Å². The van der Waals surface area contributed by atoms with E-state index >= 15 is 0 Å². The van der Waals surface area contributed by atoms with Gasteiger partial charge in [0.15, 0.2) is 11.4 Å². The van der Waals surface area contributed by atoms with Crippen LogP contribution in [0.25, 0.3) is 0 Å². The van der Waals surface area contributed by atoms with Crippen LogP contribution >= 0.6 is 0 Å². The predicted octanol–water partition coefficient (Wildman–Crippen LogP) is 2.64. The maximum Gasteiger partial charge on any atom is 0.358 e. The third-order valence-corrected chi connectivity index (χ3v) is 3.37. The fraction of sp³-hybridized carbons (Fsp3) is 0.571. The number of aromatic nitrogens is 1. The minimum Gasteiger partial charge on any atom is -0.494 e. The van der Waals surface area contributed by atoms with E-state index in [0.29, 0.717) is 12.7 Å². The van der Waals surface area contributed by atoms with Crippen molar-refractivity contribution < 1.29 is 19.4 Å². The van der Waals surface area contributed by atoms with Crippen molar-refractivity contribution in [2.45, 2.75) is 44.8 Å². The van der Waals surface area contributed by atoms with Crippen LogP contribution in [-0.2, 0) is 11.3 Å². The molecule has 0 spiro atoms. The molecule has 0 saturated heterocycles. The van der Waals surface area contributed by atoms with Crippen molar-refractivity contribution in [3.8, 4) is 5.75 Å². The van der Waals surface area contributed by atoms with E-state index in [9.17, 15) is 4.79 Å². The van der Waals surface area contributed by atoms with E-state index in [1.165, 1.54) is 32.6 Å². The molecular weight excluding hydrogens is 246 g/mol. The number of nitrogens with zero attached hydrogens (tertiary/aromatic N) is 1. The summed E-state index contributed by atoms with van der Waals surface area (Å²) in [6.07, 6.45) is 7.82. The zero-order valence-electron chi connectivity index (χ0n) is 11.1. The van der Waals surface area contributed by atoms with Gasteiger partial charge in [0.05, 0.1) is 19.8 Å². The summed E-state index contributed by atoms with van der Waals surface area (Å²) < 4.78 is 10.9. The highest BCUT2D eigenvalue weighted by atomic mass is 16.5. The fourth-order valence-corrected chi connectivity index (χ4v) is 2.33. The number of carboxylic acids is 1. The molecule has 1 N–H and O–H groups in total. The van der Waals surface area contributed by atoms with Crippen LogP contribution in [0.15, 0.2) is 12.3 Å². The van der Waals surface area contributed by atoms with Gasteiger partial charge in [-0.05, 0) is 24.5 Å². The number of carboxylic acid groups (broad SMARTS) is 1. The maximum atomic E-state index is 10.9. The van der Waals surface area contributed by atoms with Crippen molar-refractivity contribution in [3.63, 3.8) is 0 Å². The van der Waals surface area contributed by atoms with Crippen LogP contribution in [0.4, 0.5) is 0 Å². The van der Waals surface area contributed by atoms with Crippen LogP contribution < -0.4 is 4.74 Å². The number of hydrogen-bond donors (Lipinski definition) is 1. The van der Waals surface area contributed by atoms with Crippen molar-refractivity contribution in [2.75, 3.05) is 7.11 Å². The van der Waals surface area contributed by atoms with E-state index in [1.54, 1.807) is 6.07 Å². The SMILES string of the molecule is COc1cc(COC2CCCCC2)cnc1C(=O)O. The first-order valence-electron chi connectivity index (χ1n) is 6.58. The molecule has 0 aliphatic heterocycles. The lowest BCUT2D eigenvalue weighted by atomic mass is 9.98. The monoisotopic (exact) mass is 265 g/mol. The number of ether oxygens (including phenoxy) is 2. The molecule has 5 nitrogen and oxygen atoms in total. The molecule has 1 aliphatic carbocycles. The van der Waals surface area contributed by atoms with Crippen molar-refractivity contribution in [1.29, 1.82) is 0 Å². The van der Waals surface area contributed by atoms with Crippen molar-refractivity contribution in [2.24, 2.45) is 0 Å². The van der Waals surface area contributed by atoms with E-state index in [0.717, 1.165) is 18.4 Å². The molecule has 19 heavy (non-hydrogen) atoms. The van der Waals surface area contributed by atoms with Gasteiger partial charge < -0.3 is 14.6 Å². The van der Waals surface area contributed by atoms with Crippen molar-refractivity contribution >= 4 is 5.97 Å². The van der Waals surface area contributed by atoms with Gasteiger partial charge in [0.25, 0.3) is 0 Å². The molecule has 5 heteroatoms. The number of rotatable bonds is 5. The summed E-state index contributed by atoms with van der Waals surface area (Å²) in [6, 6.07) is 1.68. The molecule has 104 valence electrons. The van der Waals surface area contributed by atoms with Gasteiger partial charge in [0.1, 0.15) is 0 Å². The Morgan fingerprint density at radius 1 is 1.42 bits per heavy atom. The van der Waals surface area contributed by atoms with Gasteiger partial charge in [-0.3, -0.25) is 0 Å². The third kappa shape index (κ3) is 3.67. The molecule has 1 heterocycles. The topological polar surface area (TPSA) is 68.7 Å². The zero-order valence-corrected chi connectivity index (χ0v) is 11.1. The Labute approximate surface area is 112 Å². The van der Waals surface area contributed by atoms with Crippen LogP contribution in [0, 0.1) is 0 Å². The van der Waals surface area contributed by atoms with Crippen LogP contribution in [-0.4, -0.2) is 29.3 Å². The molecule has 0 aromatic carbocycles. The second-order valence-corrected chi connectivity index (χ2v) is 4.77. The van der Waals surface area contributed by atoms with Gasteiger partial charge in [0, 0.05) is 6.20 Å². The summed E-state index contributed by atoms with van der Waals surface area (Å²) in [6.45, 7) is 0.452. The van der Waals surface area contributed by atoms with Crippen LogP contribution in [0.1, 0.15) is 48.2 Å². The molecule has 0 unspecified atom stereocenters. The molecule has 1 aromatic rings. The fourth-order valence-electron chi connectivity index (χ4n) is 2.33. The van der Waals surface area contributed by atoms with Crippen molar-refractivity contribution in [1.82, 2.24) is 4.98 Å². The first-order chi connectivity index (χ1) is 9.20. The highest BCUT2D eigenvalue weighted by Gasteiger charge is 2.16. The summed E-state index contributed by atoms with van der Waals surface area (Å²) in [5, 5.41) is 8.95. The lowest BCUT2D eigenvalue weighted by Crippen LogP contribution is -2.16. The summed E-state index contributed by atoms with van der Waals surface area (Å²) >= 11 is 0. The number of carbonyl (C=O) groups is 1. The van der Waals surface area contributed by atoms with E-state index < -0.39 is 5.97 Å². The minimum atomic E-state index is -1.09. The lowest BCUT2D eigenvalue weighted by molar-refractivity contribution is 0.0166. The third-order valence-electron chi connectivity index (χ3n) is 3.37. The highest BCUT2D eigenvalue weighted by molar-refractivity contribution is 5.88. The van der Waals surface area contributed by atoms with Crippen LogP contribution in [0.5, 0.6) is 5.75 Å². The zero-order chi connectivity index (χ0) is 13.7. The molecule has 1 saturated carbocycles. The van der Waals surface area contributed by atoms with E-state index in [4.69, 9.17) is 14.6 Å². The van der Waals surface area contributed by atoms with E-state index in [1.807, 2.05) is 0 Å². The Bertz CT molecular complexity index is 441. The smallest absolute Gasteiger partial charge is 0.358 e. The molecule has 0 radical (unpaired) electrons. The van der Waals surface area contributed by atoms with Crippen molar-refractivity contribution in [3.05, 3.63) is 23.5 Å². The van der Waals surface area contributed by atoms with Crippen LogP contribution in [0.2, 0.25) is 0 Å². The summed E-state index contributed by atoms with van der Waals surface area (Å²) in [5.74, 6) is -0.811. The first-order valence-corrected chi connectivity index (χ1v) is 6.58. The average molecular weight is 265 g/mol. The summed E-state index contributed by atoms with van der Waals surface area (Å²) in [7, 11) is 1.44. The second kappa shape index (κ2) is 6.52. The molecular formula is C14H19NO4. The Hall–Kier alpha value is -1.62. The van der Waals surface area contributed by atoms with E-state index in [2.05, 4.69) is 4.98 Å². The first kappa shape index (κ1) is 13.8. The Morgan fingerprint density at radius 2 is 2.16 bits per heavy atom. The Kier molecular flexibility index (Phi) is 4.74. The highest BCUT2D eigenvalue weighted by Crippen LogP contribution is 2.23. The molecule has 0 amide bonds. The number of aromatic carboxylic acids is 1. The standard InChI is InChI=1S/C14H19NO4/c1-18-12-7-10(8-15-13(12)14(16)17)9-19-11-5-3-2-4-6-11/h7-8,11H,2-6,9H2,1H3,(H,16,17). The van der Waals surface area contributed by atoms with Gasteiger partial charge in [-0.25, -0.2) is 9.78 Å². The second-order valence-electron chi connectivity index (χ2n) is 4.77. The average Bonchev–Trinajstić information content (AvgIpc) is 2.45. The van der Waals surface area contributed by atoms with Gasteiger partial charge in [-0.1, -0.05) is 19.3 Å². The molecule has 1 aromatic heterocycles.